The van der Waals surface area contributed by atoms with Gasteiger partial charge in [-0.25, -0.2) is 14.2 Å². The predicted molar refractivity (Wildman–Crippen MR) is 129 cm³/mol. The highest BCUT2D eigenvalue weighted by Crippen LogP contribution is 2.34. The highest BCUT2D eigenvalue weighted by Gasteiger charge is 2.28. The summed E-state index contributed by atoms with van der Waals surface area (Å²) >= 11 is 0. The summed E-state index contributed by atoms with van der Waals surface area (Å²) in [6.45, 7) is 6.98. The van der Waals surface area contributed by atoms with E-state index in [1.54, 1.807) is 17.0 Å². The average molecular weight is 457 g/mol. The summed E-state index contributed by atoms with van der Waals surface area (Å²) < 4.78 is 24.4. The molecule has 0 bridgehead atoms. The maximum atomic E-state index is 13.9. The number of nitrogens with one attached hydrogen (secondary N) is 2. The van der Waals surface area contributed by atoms with Crippen molar-refractivity contribution in [3.63, 3.8) is 0 Å². The Labute approximate surface area is 194 Å². The summed E-state index contributed by atoms with van der Waals surface area (Å²) in [4.78, 5) is 22.0. The van der Waals surface area contributed by atoms with Crippen molar-refractivity contribution < 1.29 is 18.7 Å². The van der Waals surface area contributed by atoms with Gasteiger partial charge in [0.2, 0.25) is 0 Å². The zero-order valence-electron chi connectivity index (χ0n) is 18.9. The molecule has 4 rings (SSSR count). The van der Waals surface area contributed by atoms with Crippen molar-refractivity contribution in [3.05, 3.63) is 47.9 Å². The van der Waals surface area contributed by atoms with Crippen molar-refractivity contribution in [2.75, 3.05) is 25.5 Å². The molecule has 3 heterocycles. The second-order valence-corrected chi connectivity index (χ2v) is 9.05. The average Bonchev–Trinajstić information content (AvgIpc) is 3.16. The smallest absolute Gasteiger partial charge is 0.410 e. The Bertz CT molecular complexity index is 1110. The Morgan fingerprint density at radius 2 is 1.94 bits per heavy atom. The molecule has 1 aromatic carbocycles. The zero-order chi connectivity index (χ0) is 22.9. The third-order valence-corrected chi connectivity index (χ3v) is 5.58. The summed E-state index contributed by atoms with van der Waals surface area (Å²) in [5.41, 5.74) is 2.09. The molecule has 2 aromatic heterocycles. The number of benzene rings is 1. The van der Waals surface area contributed by atoms with Gasteiger partial charge in [0.15, 0.2) is 11.6 Å². The maximum absolute atomic E-state index is 13.9. The number of halogens is 1. The van der Waals surface area contributed by atoms with Crippen LogP contribution in [0.1, 0.15) is 52.5 Å². The van der Waals surface area contributed by atoms with Crippen LogP contribution in [0, 0.1) is 5.82 Å². The van der Waals surface area contributed by atoms with Gasteiger partial charge in [-0.2, -0.15) is 0 Å². The molecule has 2 N–H and O–H groups in total. The van der Waals surface area contributed by atoms with Crippen LogP contribution in [0.15, 0.2) is 36.5 Å². The van der Waals surface area contributed by atoms with E-state index in [-0.39, 0.29) is 19.3 Å². The highest BCUT2D eigenvalue weighted by atomic mass is 19.1. The Morgan fingerprint density at radius 3 is 2.58 bits per heavy atom. The summed E-state index contributed by atoms with van der Waals surface area (Å²) in [6, 6.07) is 8.61. The fourth-order valence-corrected chi connectivity index (χ4v) is 4.02. The molecule has 0 saturated carbocycles. The number of hydrogen-bond donors (Lipinski definition) is 2. The van der Waals surface area contributed by atoms with Gasteiger partial charge in [-0.1, -0.05) is 7.43 Å². The minimum Gasteiger partial charge on any atom is -0.494 e. The number of hydrogen-bond acceptors (Lipinski definition) is 5. The summed E-state index contributed by atoms with van der Waals surface area (Å²) in [5, 5.41) is 4.19. The first-order valence-electron chi connectivity index (χ1n) is 10.8. The zero-order valence-corrected chi connectivity index (χ0v) is 18.9. The van der Waals surface area contributed by atoms with E-state index in [0.29, 0.717) is 30.5 Å². The van der Waals surface area contributed by atoms with Crippen molar-refractivity contribution >= 4 is 28.6 Å². The fourth-order valence-electron chi connectivity index (χ4n) is 4.02. The number of methoxy groups -OCH3 is 1. The molecule has 33 heavy (non-hydrogen) atoms. The minimum absolute atomic E-state index is 0. The molecule has 1 fully saturated rings. The first-order valence-corrected chi connectivity index (χ1v) is 10.8. The Balaban J connectivity index is 0.00000306. The Hall–Kier alpha value is -3.29. The van der Waals surface area contributed by atoms with Crippen LogP contribution in [0.3, 0.4) is 0 Å². The number of aromatic amines is 1. The SMILES string of the molecule is C.COc1ccc(Nc2ccc3c(C4CCN(C(=O)OC(C)(C)C)CC4)c[nH]c3n2)cc1F. The van der Waals surface area contributed by atoms with E-state index in [1.165, 1.54) is 18.7 Å². The molecule has 3 aromatic rings. The van der Waals surface area contributed by atoms with Crippen molar-refractivity contribution in [1.82, 2.24) is 14.9 Å². The lowest BCUT2D eigenvalue weighted by Crippen LogP contribution is -2.41. The lowest BCUT2D eigenvalue weighted by molar-refractivity contribution is 0.0205. The lowest BCUT2D eigenvalue weighted by atomic mass is 9.89. The van der Waals surface area contributed by atoms with Crippen LogP contribution in [-0.4, -0.2) is 46.8 Å². The van der Waals surface area contributed by atoms with Crippen molar-refractivity contribution in [2.45, 2.75) is 52.6 Å². The van der Waals surface area contributed by atoms with Gasteiger partial charge in [0, 0.05) is 36.4 Å². The monoisotopic (exact) mass is 456 g/mol. The number of piperidine rings is 1. The lowest BCUT2D eigenvalue weighted by Gasteiger charge is -2.33. The first-order chi connectivity index (χ1) is 15.2. The predicted octanol–water partition coefficient (Wildman–Crippen LogP) is 6.20. The van der Waals surface area contributed by atoms with Crippen LogP contribution < -0.4 is 10.1 Å². The molecule has 0 unspecified atom stereocenters. The van der Waals surface area contributed by atoms with Gasteiger partial charge in [-0.3, -0.25) is 0 Å². The van der Waals surface area contributed by atoms with Gasteiger partial charge in [-0.05, 0) is 69.4 Å². The second kappa shape index (κ2) is 9.68. The number of likely N-dealkylation sites (tertiary alicyclic amines) is 1. The number of carbonyl (C=O) groups is 1. The number of rotatable bonds is 4. The number of nitrogens with zero attached hydrogens (tertiary/aromatic N) is 2. The fraction of sp³-hybridized carbons (Fsp3) is 0.440. The van der Waals surface area contributed by atoms with Gasteiger partial charge >= 0.3 is 6.09 Å². The molecule has 0 spiro atoms. The molecule has 1 amide bonds. The summed E-state index contributed by atoms with van der Waals surface area (Å²) in [6.07, 6.45) is 3.50. The van der Waals surface area contributed by atoms with Gasteiger partial charge in [0.25, 0.3) is 0 Å². The van der Waals surface area contributed by atoms with E-state index in [4.69, 9.17) is 9.47 Å². The van der Waals surface area contributed by atoms with Crippen molar-refractivity contribution in [3.8, 4) is 5.75 Å². The van der Waals surface area contributed by atoms with Crippen LogP contribution in [0.25, 0.3) is 11.0 Å². The Kier molecular flexibility index (Phi) is 7.15. The first kappa shape index (κ1) is 24.4. The van der Waals surface area contributed by atoms with Crippen molar-refractivity contribution in [1.29, 1.82) is 0 Å². The van der Waals surface area contributed by atoms with E-state index in [2.05, 4.69) is 15.3 Å². The van der Waals surface area contributed by atoms with E-state index in [0.717, 1.165) is 23.9 Å². The molecular formula is C25H33FN4O3. The normalized spacial score (nSPS) is 14.6. The van der Waals surface area contributed by atoms with Crippen LogP contribution in [0.2, 0.25) is 0 Å². The standard InChI is InChI=1S/C24H29FN4O3.CH4/c1-24(2,3)32-23(30)29-11-9-15(10-12-29)18-14-26-22-17(18)6-8-21(28-22)27-16-5-7-20(31-4)19(25)13-16;/h5-8,13-15H,9-12H2,1-4H3,(H2,26,27,28);1H4. The van der Waals surface area contributed by atoms with E-state index in [9.17, 15) is 9.18 Å². The Morgan fingerprint density at radius 1 is 1.21 bits per heavy atom. The van der Waals surface area contributed by atoms with E-state index < -0.39 is 11.4 Å². The number of ether oxygens (including phenoxy) is 2. The molecule has 1 saturated heterocycles. The molecular weight excluding hydrogens is 423 g/mol. The van der Waals surface area contributed by atoms with Gasteiger partial charge in [0.1, 0.15) is 17.1 Å². The molecule has 0 atom stereocenters. The molecule has 7 nitrogen and oxygen atoms in total. The summed E-state index contributed by atoms with van der Waals surface area (Å²) in [7, 11) is 1.44. The molecule has 0 radical (unpaired) electrons. The van der Waals surface area contributed by atoms with Crippen LogP contribution in [0.4, 0.5) is 20.7 Å². The number of carbonyl (C=O) groups excluding carboxylic acids is 1. The van der Waals surface area contributed by atoms with Crippen LogP contribution in [-0.2, 0) is 4.74 Å². The van der Waals surface area contributed by atoms with Gasteiger partial charge in [0.05, 0.1) is 7.11 Å². The number of H-pyrrole nitrogens is 1. The molecule has 8 heteroatoms. The summed E-state index contributed by atoms with van der Waals surface area (Å²) in [5.74, 6) is 0.734. The topological polar surface area (TPSA) is 79.5 Å². The number of pyridine rings is 1. The second-order valence-electron chi connectivity index (χ2n) is 9.05. The van der Waals surface area contributed by atoms with Crippen LogP contribution >= 0.6 is 0 Å². The number of anilines is 2. The molecule has 1 aliphatic rings. The third-order valence-electron chi connectivity index (χ3n) is 5.58. The molecule has 1 aliphatic heterocycles. The van der Waals surface area contributed by atoms with Crippen LogP contribution in [0.5, 0.6) is 5.75 Å². The van der Waals surface area contributed by atoms with Crippen molar-refractivity contribution in [2.24, 2.45) is 0 Å². The number of amides is 1. The molecule has 178 valence electrons. The quantitative estimate of drug-likeness (QED) is 0.488. The van der Waals surface area contributed by atoms with Gasteiger partial charge in [-0.15, -0.1) is 0 Å². The van der Waals surface area contributed by atoms with E-state index >= 15 is 0 Å². The number of aromatic nitrogens is 2. The molecule has 0 aliphatic carbocycles. The van der Waals surface area contributed by atoms with Gasteiger partial charge < -0.3 is 24.7 Å². The minimum atomic E-state index is -0.486. The van der Waals surface area contributed by atoms with E-state index in [1.807, 2.05) is 39.1 Å². The maximum Gasteiger partial charge on any atom is 0.410 e. The number of fused-ring (bicyclic) bond motifs is 1. The third kappa shape index (κ3) is 5.56. The largest absolute Gasteiger partial charge is 0.494 e. The highest BCUT2D eigenvalue weighted by molar-refractivity contribution is 5.82.